The van der Waals surface area contributed by atoms with Crippen molar-refractivity contribution in [3.63, 3.8) is 0 Å². The van der Waals surface area contributed by atoms with Gasteiger partial charge in [-0.3, -0.25) is 0 Å². The molecule has 0 saturated carbocycles. The first-order chi connectivity index (χ1) is 5.36. The van der Waals surface area contributed by atoms with Gasteiger partial charge in [-0.2, -0.15) is 0 Å². The predicted molar refractivity (Wildman–Crippen MR) is 49.3 cm³/mol. The van der Waals surface area contributed by atoms with Gasteiger partial charge in [0.05, 0.1) is 0 Å². The van der Waals surface area contributed by atoms with Crippen LogP contribution in [0.1, 0.15) is 0 Å². The zero-order valence-electron chi connectivity index (χ0n) is 6.12. The molecule has 2 rings (SSSR count). The van der Waals surface area contributed by atoms with Crippen molar-refractivity contribution < 1.29 is 0 Å². The van der Waals surface area contributed by atoms with Gasteiger partial charge in [-0.15, -0.1) is 0 Å². The summed E-state index contributed by atoms with van der Waals surface area (Å²) in [5.74, 6) is 0. The van der Waals surface area contributed by atoms with Crippen LogP contribution in [0.4, 0.5) is 0 Å². The zero-order valence-corrected chi connectivity index (χ0v) is 6.12. The van der Waals surface area contributed by atoms with Gasteiger partial charge in [0.1, 0.15) is 7.85 Å². The maximum atomic E-state index is 5.62. The van der Waals surface area contributed by atoms with E-state index in [0.717, 1.165) is 5.46 Å². The highest BCUT2D eigenvalue weighted by Gasteiger charge is 1.89. The average Bonchev–Trinajstić information content (AvgIpc) is 2.04. The molecule has 11 heavy (non-hydrogen) atoms. The van der Waals surface area contributed by atoms with E-state index in [4.69, 9.17) is 7.85 Å². The van der Waals surface area contributed by atoms with Crippen LogP contribution >= 0.6 is 0 Å². The maximum absolute atomic E-state index is 5.62. The molecule has 50 valence electrons. The second-order valence-electron chi connectivity index (χ2n) is 2.61. The van der Waals surface area contributed by atoms with E-state index in [2.05, 4.69) is 12.1 Å². The molecule has 0 aromatic heterocycles. The molecule has 2 radical (unpaired) electrons. The molecule has 0 nitrogen and oxygen atoms in total. The lowest BCUT2D eigenvalue weighted by molar-refractivity contribution is 1.78. The fourth-order valence-electron chi connectivity index (χ4n) is 1.21. The molecular weight excluding hydrogens is 131 g/mol. The third-order valence-electron chi connectivity index (χ3n) is 1.77. The molecule has 0 fully saturated rings. The number of hydrogen-bond acceptors (Lipinski definition) is 0. The summed E-state index contributed by atoms with van der Waals surface area (Å²) >= 11 is 0. The van der Waals surface area contributed by atoms with Gasteiger partial charge in [-0.05, 0) is 10.8 Å². The molecule has 0 amide bonds. The Morgan fingerprint density at radius 3 is 2.36 bits per heavy atom. The van der Waals surface area contributed by atoms with Crippen molar-refractivity contribution in [2.75, 3.05) is 0 Å². The van der Waals surface area contributed by atoms with Crippen molar-refractivity contribution in [2.24, 2.45) is 0 Å². The Labute approximate surface area is 67.3 Å². The van der Waals surface area contributed by atoms with Gasteiger partial charge in [0, 0.05) is 0 Å². The molecule has 0 saturated heterocycles. The number of rotatable bonds is 0. The first-order valence-corrected chi connectivity index (χ1v) is 3.60. The van der Waals surface area contributed by atoms with E-state index >= 15 is 0 Å². The van der Waals surface area contributed by atoms with Gasteiger partial charge in [0.2, 0.25) is 0 Å². The van der Waals surface area contributed by atoms with Crippen LogP contribution in [-0.2, 0) is 0 Å². The molecule has 0 bridgehead atoms. The summed E-state index contributed by atoms with van der Waals surface area (Å²) in [6.45, 7) is 0. The quantitative estimate of drug-likeness (QED) is 0.485. The SMILES string of the molecule is [B]c1ccc2ccccc2c1. The smallest absolute Gasteiger partial charge is 0.0960 e. The van der Waals surface area contributed by atoms with Crippen molar-refractivity contribution in [1.82, 2.24) is 0 Å². The summed E-state index contributed by atoms with van der Waals surface area (Å²) in [6.07, 6.45) is 0. The minimum Gasteiger partial charge on any atom is -0.0960 e. The molecule has 0 aliphatic rings. The zero-order chi connectivity index (χ0) is 7.68. The number of hydrogen-bond donors (Lipinski definition) is 0. The second kappa shape index (κ2) is 2.42. The number of fused-ring (bicyclic) bond motifs is 1. The fourth-order valence-corrected chi connectivity index (χ4v) is 1.21. The Balaban J connectivity index is 2.83. The highest BCUT2D eigenvalue weighted by atomic mass is 13.9. The van der Waals surface area contributed by atoms with E-state index in [0.29, 0.717) is 0 Å². The van der Waals surface area contributed by atoms with E-state index in [1.165, 1.54) is 10.8 Å². The van der Waals surface area contributed by atoms with E-state index in [-0.39, 0.29) is 0 Å². The minimum absolute atomic E-state index is 0.823. The van der Waals surface area contributed by atoms with Gasteiger partial charge in [-0.25, -0.2) is 0 Å². The molecular formula is C10H7B. The lowest BCUT2D eigenvalue weighted by atomic mass is 9.94. The van der Waals surface area contributed by atoms with Crippen molar-refractivity contribution >= 4 is 24.1 Å². The molecule has 1 heteroatoms. The van der Waals surface area contributed by atoms with Gasteiger partial charge in [0.25, 0.3) is 0 Å². The maximum Gasteiger partial charge on any atom is 0.113 e. The lowest BCUT2D eigenvalue weighted by Gasteiger charge is -1.97. The van der Waals surface area contributed by atoms with Gasteiger partial charge in [-0.1, -0.05) is 47.9 Å². The molecule has 0 unspecified atom stereocenters. The van der Waals surface area contributed by atoms with Crippen molar-refractivity contribution in [3.8, 4) is 0 Å². The van der Waals surface area contributed by atoms with Crippen molar-refractivity contribution in [2.45, 2.75) is 0 Å². The van der Waals surface area contributed by atoms with Crippen LogP contribution in [0.5, 0.6) is 0 Å². The Morgan fingerprint density at radius 1 is 0.818 bits per heavy atom. The molecule has 0 heterocycles. The van der Waals surface area contributed by atoms with Gasteiger partial charge >= 0.3 is 0 Å². The Morgan fingerprint density at radius 2 is 1.55 bits per heavy atom. The van der Waals surface area contributed by atoms with Crippen LogP contribution in [0.15, 0.2) is 42.5 Å². The van der Waals surface area contributed by atoms with Crippen molar-refractivity contribution in [1.29, 1.82) is 0 Å². The lowest BCUT2D eigenvalue weighted by Crippen LogP contribution is -1.99. The standard InChI is InChI=1S/C10H7B/c11-10-6-5-8-3-1-2-4-9(8)7-10/h1-7H. The van der Waals surface area contributed by atoms with E-state index in [1.807, 2.05) is 30.3 Å². The van der Waals surface area contributed by atoms with Crippen molar-refractivity contribution in [3.05, 3.63) is 42.5 Å². The van der Waals surface area contributed by atoms with Crippen LogP contribution in [0.3, 0.4) is 0 Å². The van der Waals surface area contributed by atoms with Gasteiger partial charge < -0.3 is 0 Å². The molecule has 2 aromatic rings. The molecule has 0 aliphatic heterocycles. The summed E-state index contributed by atoms with van der Waals surface area (Å²) in [5.41, 5.74) is 0.823. The molecule has 0 spiro atoms. The normalized spacial score (nSPS) is 10.2. The number of benzene rings is 2. The summed E-state index contributed by atoms with van der Waals surface area (Å²) in [5, 5.41) is 2.44. The average molecular weight is 138 g/mol. The molecule has 2 aromatic carbocycles. The van der Waals surface area contributed by atoms with Crippen LogP contribution in [0, 0.1) is 0 Å². The van der Waals surface area contributed by atoms with Crippen LogP contribution in [-0.4, -0.2) is 7.85 Å². The first-order valence-electron chi connectivity index (χ1n) is 3.60. The minimum atomic E-state index is 0.823. The van der Waals surface area contributed by atoms with Crippen LogP contribution < -0.4 is 5.46 Å². The first kappa shape index (κ1) is 6.47. The monoisotopic (exact) mass is 138 g/mol. The summed E-state index contributed by atoms with van der Waals surface area (Å²) in [4.78, 5) is 0. The highest BCUT2D eigenvalue weighted by molar-refractivity contribution is 6.33. The predicted octanol–water partition coefficient (Wildman–Crippen LogP) is 1.63. The Kier molecular flexibility index (Phi) is 1.43. The highest BCUT2D eigenvalue weighted by Crippen LogP contribution is 2.09. The summed E-state index contributed by atoms with van der Waals surface area (Å²) in [6, 6.07) is 14.1. The topological polar surface area (TPSA) is 0 Å². The van der Waals surface area contributed by atoms with E-state index in [1.54, 1.807) is 0 Å². The van der Waals surface area contributed by atoms with Crippen LogP contribution in [0.25, 0.3) is 10.8 Å². The van der Waals surface area contributed by atoms with E-state index in [9.17, 15) is 0 Å². The third-order valence-corrected chi connectivity index (χ3v) is 1.77. The fraction of sp³-hybridized carbons (Fsp3) is 0. The molecule has 0 atom stereocenters. The summed E-state index contributed by atoms with van der Waals surface area (Å²) in [7, 11) is 5.62. The third kappa shape index (κ3) is 1.14. The Hall–Kier alpha value is -1.24. The molecule has 0 N–H and O–H groups in total. The summed E-state index contributed by atoms with van der Waals surface area (Å²) < 4.78 is 0. The largest absolute Gasteiger partial charge is 0.113 e. The van der Waals surface area contributed by atoms with Gasteiger partial charge in [0.15, 0.2) is 0 Å². The second-order valence-corrected chi connectivity index (χ2v) is 2.61. The van der Waals surface area contributed by atoms with E-state index < -0.39 is 0 Å². The van der Waals surface area contributed by atoms with Crippen LogP contribution in [0.2, 0.25) is 0 Å². The Bertz CT molecular complexity index is 379. The molecule has 0 aliphatic carbocycles.